The normalized spacial score (nSPS) is 17.6. The molecule has 1 aromatic carbocycles. The van der Waals surface area contributed by atoms with Crippen molar-refractivity contribution in [1.29, 1.82) is 0 Å². The van der Waals surface area contributed by atoms with Crippen LogP contribution in [0, 0.1) is 12.7 Å². The Balaban J connectivity index is 0.00000200. The minimum atomic E-state index is -0.174. The predicted molar refractivity (Wildman–Crippen MR) is 85.5 cm³/mol. The molecular formula is C15H23Cl2FN2. The first-order chi connectivity index (χ1) is 9.15. The molecule has 0 amide bonds. The third-order valence-electron chi connectivity index (χ3n) is 3.81. The third kappa shape index (κ3) is 3.85. The van der Waals surface area contributed by atoms with E-state index in [1.54, 1.807) is 12.1 Å². The smallest absolute Gasteiger partial charge is 0.129 e. The van der Waals surface area contributed by atoms with Crippen molar-refractivity contribution in [2.75, 3.05) is 26.2 Å². The number of halogens is 3. The lowest BCUT2D eigenvalue weighted by molar-refractivity contribution is 0.161. The molecule has 1 saturated heterocycles. The van der Waals surface area contributed by atoms with Gasteiger partial charge in [-0.3, -0.25) is 4.90 Å². The highest BCUT2D eigenvalue weighted by Gasteiger charge is 2.26. The molecule has 1 atom stereocenters. The van der Waals surface area contributed by atoms with Crippen molar-refractivity contribution >= 4 is 24.0 Å². The summed E-state index contributed by atoms with van der Waals surface area (Å²) in [7, 11) is 0. The van der Waals surface area contributed by atoms with E-state index >= 15 is 0 Å². The van der Waals surface area contributed by atoms with Crippen molar-refractivity contribution in [3.8, 4) is 0 Å². The average Bonchev–Trinajstić information content (AvgIpc) is 2.43. The van der Waals surface area contributed by atoms with Crippen molar-refractivity contribution < 1.29 is 4.39 Å². The van der Waals surface area contributed by atoms with Gasteiger partial charge in [0.15, 0.2) is 0 Å². The van der Waals surface area contributed by atoms with Gasteiger partial charge in [-0.15, -0.1) is 12.4 Å². The number of benzene rings is 1. The quantitative estimate of drug-likeness (QED) is 0.903. The highest BCUT2D eigenvalue weighted by atomic mass is 35.5. The van der Waals surface area contributed by atoms with Crippen molar-refractivity contribution in [2.45, 2.75) is 32.7 Å². The zero-order chi connectivity index (χ0) is 13.8. The average molecular weight is 321 g/mol. The second kappa shape index (κ2) is 8.18. The maximum Gasteiger partial charge on any atom is 0.129 e. The number of piperazine rings is 1. The Morgan fingerprint density at radius 2 is 2.00 bits per heavy atom. The lowest BCUT2D eigenvalue weighted by atomic mass is 9.97. The summed E-state index contributed by atoms with van der Waals surface area (Å²) in [6.45, 7) is 7.90. The molecule has 0 unspecified atom stereocenters. The highest BCUT2D eigenvalue weighted by molar-refractivity contribution is 6.32. The van der Waals surface area contributed by atoms with Crippen LogP contribution in [-0.4, -0.2) is 31.1 Å². The molecular weight excluding hydrogens is 298 g/mol. The van der Waals surface area contributed by atoms with E-state index < -0.39 is 0 Å². The van der Waals surface area contributed by atoms with Gasteiger partial charge in [-0.25, -0.2) is 4.39 Å². The van der Waals surface area contributed by atoms with Crippen LogP contribution in [0.3, 0.4) is 0 Å². The maximum atomic E-state index is 14.2. The molecule has 1 aliphatic rings. The lowest BCUT2D eigenvalue weighted by Gasteiger charge is -2.36. The highest BCUT2D eigenvalue weighted by Crippen LogP contribution is 2.35. The van der Waals surface area contributed by atoms with Crippen LogP contribution in [0.2, 0.25) is 5.02 Å². The lowest BCUT2D eigenvalue weighted by Crippen LogP contribution is -2.45. The first-order valence-electron chi connectivity index (χ1n) is 7.04. The largest absolute Gasteiger partial charge is 0.314 e. The molecule has 1 N–H and O–H groups in total. The number of hydrogen-bond acceptors (Lipinski definition) is 2. The summed E-state index contributed by atoms with van der Waals surface area (Å²) in [5, 5.41) is 3.93. The van der Waals surface area contributed by atoms with Gasteiger partial charge >= 0.3 is 0 Å². The first kappa shape index (κ1) is 17.7. The summed E-state index contributed by atoms with van der Waals surface area (Å²) in [4.78, 5) is 2.35. The van der Waals surface area contributed by atoms with Crippen LogP contribution in [0.4, 0.5) is 4.39 Å². The molecule has 0 saturated carbocycles. The van der Waals surface area contributed by atoms with Crippen LogP contribution < -0.4 is 5.32 Å². The van der Waals surface area contributed by atoms with Crippen molar-refractivity contribution in [1.82, 2.24) is 10.2 Å². The molecule has 0 radical (unpaired) electrons. The van der Waals surface area contributed by atoms with E-state index in [1.807, 2.05) is 6.92 Å². The molecule has 1 heterocycles. The van der Waals surface area contributed by atoms with Gasteiger partial charge in [0.1, 0.15) is 5.82 Å². The molecule has 0 aliphatic carbocycles. The fraction of sp³-hybridized carbons (Fsp3) is 0.600. The van der Waals surface area contributed by atoms with Gasteiger partial charge in [0.05, 0.1) is 5.02 Å². The van der Waals surface area contributed by atoms with Gasteiger partial charge in [-0.1, -0.05) is 31.0 Å². The van der Waals surface area contributed by atoms with E-state index in [1.165, 1.54) is 0 Å². The Hall–Kier alpha value is -0.350. The van der Waals surface area contributed by atoms with Crippen LogP contribution in [0.15, 0.2) is 12.1 Å². The van der Waals surface area contributed by atoms with Gasteiger partial charge in [0.25, 0.3) is 0 Å². The van der Waals surface area contributed by atoms with E-state index in [0.717, 1.165) is 44.6 Å². The summed E-state index contributed by atoms with van der Waals surface area (Å²) in [6.07, 6.45) is 1.97. The second-order valence-corrected chi connectivity index (χ2v) is 5.56. The summed E-state index contributed by atoms with van der Waals surface area (Å²) in [6, 6.07) is 3.39. The summed E-state index contributed by atoms with van der Waals surface area (Å²) >= 11 is 6.37. The van der Waals surface area contributed by atoms with E-state index in [4.69, 9.17) is 11.6 Å². The molecule has 114 valence electrons. The van der Waals surface area contributed by atoms with Gasteiger partial charge in [-0.2, -0.15) is 0 Å². The van der Waals surface area contributed by atoms with Crippen molar-refractivity contribution in [2.24, 2.45) is 0 Å². The fourth-order valence-corrected chi connectivity index (χ4v) is 3.04. The molecule has 1 aromatic rings. The zero-order valence-electron chi connectivity index (χ0n) is 12.1. The summed E-state index contributed by atoms with van der Waals surface area (Å²) in [5.41, 5.74) is 1.64. The molecule has 1 fully saturated rings. The summed E-state index contributed by atoms with van der Waals surface area (Å²) in [5.74, 6) is -0.174. The third-order valence-corrected chi connectivity index (χ3v) is 4.31. The Bertz CT molecular complexity index is 434. The van der Waals surface area contributed by atoms with Crippen LogP contribution in [0.5, 0.6) is 0 Å². The van der Waals surface area contributed by atoms with E-state index in [-0.39, 0.29) is 24.3 Å². The van der Waals surface area contributed by atoms with Crippen molar-refractivity contribution in [3.05, 3.63) is 34.1 Å². The molecule has 5 heteroatoms. The van der Waals surface area contributed by atoms with Gasteiger partial charge in [-0.05, 0) is 25.0 Å². The number of rotatable bonds is 4. The van der Waals surface area contributed by atoms with E-state index in [0.29, 0.717) is 10.6 Å². The Morgan fingerprint density at radius 1 is 1.35 bits per heavy atom. The molecule has 2 rings (SSSR count). The van der Waals surface area contributed by atoms with Gasteiger partial charge in [0.2, 0.25) is 0 Å². The van der Waals surface area contributed by atoms with Crippen molar-refractivity contribution in [3.63, 3.8) is 0 Å². The monoisotopic (exact) mass is 320 g/mol. The van der Waals surface area contributed by atoms with Crippen LogP contribution in [0.1, 0.15) is 36.9 Å². The number of hydrogen-bond donors (Lipinski definition) is 1. The van der Waals surface area contributed by atoms with Gasteiger partial charge < -0.3 is 5.32 Å². The first-order valence-corrected chi connectivity index (χ1v) is 7.42. The Kier molecular flexibility index (Phi) is 7.24. The molecule has 0 spiro atoms. The van der Waals surface area contributed by atoms with Crippen LogP contribution in [0.25, 0.3) is 0 Å². The molecule has 1 aliphatic heterocycles. The zero-order valence-corrected chi connectivity index (χ0v) is 13.7. The minimum Gasteiger partial charge on any atom is -0.314 e. The molecule has 20 heavy (non-hydrogen) atoms. The fourth-order valence-electron chi connectivity index (χ4n) is 2.76. The number of nitrogens with one attached hydrogen (secondary N) is 1. The Morgan fingerprint density at radius 3 is 2.60 bits per heavy atom. The topological polar surface area (TPSA) is 15.3 Å². The summed E-state index contributed by atoms with van der Waals surface area (Å²) < 4.78 is 14.2. The standard InChI is InChI=1S/C15H22ClFN2.ClH/c1-3-4-13(19-9-7-18-8-10-19)14-12(17)6-5-11(2)15(14)16;/h5-6,13,18H,3-4,7-10H2,1-2H3;1H/t13-;/m1./s1. The Labute approximate surface area is 132 Å². The predicted octanol–water partition coefficient (Wildman–Crippen LogP) is 3.96. The van der Waals surface area contributed by atoms with Gasteiger partial charge in [0, 0.05) is 37.8 Å². The van der Waals surface area contributed by atoms with Crippen LogP contribution >= 0.6 is 24.0 Å². The SMILES string of the molecule is CCC[C@H](c1c(F)ccc(C)c1Cl)N1CCNCC1.Cl. The number of nitrogens with zero attached hydrogens (tertiary/aromatic N) is 1. The van der Waals surface area contributed by atoms with E-state index in [2.05, 4.69) is 17.1 Å². The molecule has 0 aromatic heterocycles. The maximum absolute atomic E-state index is 14.2. The van der Waals surface area contributed by atoms with E-state index in [9.17, 15) is 4.39 Å². The minimum absolute atomic E-state index is 0. The molecule has 0 bridgehead atoms. The number of aryl methyl sites for hydroxylation is 1. The van der Waals surface area contributed by atoms with Crippen LogP contribution in [-0.2, 0) is 0 Å². The molecule has 2 nitrogen and oxygen atoms in total. The second-order valence-electron chi connectivity index (χ2n) is 5.18.